The van der Waals surface area contributed by atoms with Gasteiger partial charge in [0, 0.05) is 17.6 Å². The van der Waals surface area contributed by atoms with E-state index in [1.165, 1.54) is 13.2 Å². The van der Waals surface area contributed by atoms with Crippen molar-refractivity contribution in [2.75, 3.05) is 20.3 Å². The molecule has 2 atom stereocenters. The van der Waals surface area contributed by atoms with Crippen molar-refractivity contribution in [3.8, 4) is 11.4 Å². The Kier molecular flexibility index (Phi) is 7.20. The highest BCUT2D eigenvalue weighted by molar-refractivity contribution is 7.80. The molecule has 36 heavy (non-hydrogen) atoms. The topological polar surface area (TPSA) is 112 Å². The number of aromatic nitrogens is 2. The number of esters is 1. The molecule has 188 valence electrons. The third kappa shape index (κ3) is 4.61. The summed E-state index contributed by atoms with van der Waals surface area (Å²) in [5.41, 5.74) is 3.55. The van der Waals surface area contributed by atoms with Crippen LogP contribution >= 0.6 is 12.2 Å². The molecule has 4 rings (SSSR count). The van der Waals surface area contributed by atoms with Gasteiger partial charge < -0.3 is 24.3 Å². The molecule has 1 saturated heterocycles. The van der Waals surface area contributed by atoms with Crippen LogP contribution in [0.15, 0.2) is 48.7 Å². The molecule has 0 aliphatic carbocycles. The smallest absolute Gasteiger partial charge is 0.325 e. The molecule has 0 amide bonds. The summed E-state index contributed by atoms with van der Waals surface area (Å²) in [7, 11) is 1.47. The number of ether oxygens (including phenoxy) is 2. The zero-order valence-electron chi connectivity index (χ0n) is 20.4. The van der Waals surface area contributed by atoms with Gasteiger partial charge >= 0.3 is 5.97 Å². The molecular weight excluding hydrogens is 482 g/mol. The number of carbonyl (C=O) groups excluding carboxylic acids is 1. The fourth-order valence-corrected chi connectivity index (χ4v) is 4.99. The van der Waals surface area contributed by atoms with Crippen molar-refractivity contribution in [2.24, 2.45) is 0 Å². The first-order valence-corrected chi connectivity index (χ1v) is 11.8. The van der Waals surface area contributed by atoms with Gasteiger partial charge in [0.15, 0.2) is 5.11 Å². The second-order valence-corrected chi connectivity index (χ2v) is 8.72. The maximum absolute atomic E-state index is 12.5. The van der Waals surface area contributed by atoms with Gasteiger partial charge in [0.25, 0.3) is 5.69 Å². The molecule has 0 saturated carbocycles. The van der Waals surface area contributed by atoms with E-state index in [1.54, 1.807) is 30.2 Å². The van der Waals surface area contributed by atoms with Gasteiger partial charge in [-0.05, 0) is 68.9 Å². The van der Waals surface area contributed by atoms with Crippen molar-refractivity contribution in [2.45, 2.75) is 32.9 Å². The number of hydrogen-bond donors (Lipinski definition) is 1. The molecule has 2 aromatic heterocycles. The predicted molar refractivity (Wildman–Crippen MR) is 137 cm³/mol. The normalized spacial score (nSPS) is 17.1. The van der Waals surface area contributed by atoms with Crippen LogP contribution in [-0.4, -0.2) is 50.7 Å². The van der Waals surface area contributed by atoms with Crippen molar-refractivity contribution < 1.29 is 19.2 Å². The lowest BCUT2D eigenvalue weighted by atomic mass is 9.97. The number of rotatable bonds is 8. The van der Waals surface area contributed by atoms with E-state index in [-0.39, 0.29) is 24.9 Å². The van der Waals surface area contributed by atoms with Crippen LogP contribution in [0, 0.1) is 24.0 Å². The Morgan fingerprint density at radius 3 is 2.67 bits per heavy atom. The van der Waals surface area contributed by atoms with E-state index < -0.39 is 16.9 Å². The van der Waals surface area contributed by atoms with E-state index in [2.05, 4.69) is 10.3 Å². The number of nitrogens with one attached hydrogen (secondary N) is 1. The van der Waals surface area contributed by atoms with Gasteiger partial charge in [0.1, 0.15) is 18.0 Å². The van der Waals surface area contributed by atoms with Crippen LogP contribution in [0.4, 0.5) is 5.69 Å². The molecule has 1 aliphatic rings. The van der Waals surface area contributed by atoms with Gasteiger partial charge in [-0.25, -0.2) is 0 Å². The summed E-state index contributed by atoms with van der Waals surface area (Å²) < 4.78 is 12.2. The number of benzene rings is 1. The van der Waals surface area contributed by atoms with E-state index >= 15 is 0 Å². The van der Waals surface area contributed by atoms with E-state index in [1.807, 2.05) is 42.7 Å². The van der Waals surface area contributed by atoms with Gasteiger partial charge in [-0.1, -0.05) is 6.07 Å². The molecule has 10 nitrogen and oxygen atoms in total. The minimum atomic E-state index is -0.424. The number of nitro benzene ring substituents is 1. The Morgan fingerprint density at radius 2 is 2.03 bits per heavy atom. The predicted octanol–water partition coefficient (Wildman–Crippen LogP) is 3.94. The van der Waals surface area contributed by atoms with Crippen LogP contribution in [0.5, 0.6) is 5.75 Å². The maximum atomic E-state index is 12.5. The summed E-state index contributed by atoms with van der Waals surface area (Å²) in [6.07, 6.45) is 1.70. The molecule has 3 aromatic rings. The molecule has 1 N–H and O–H groups in total. The number of methoxy groups -OCH3 is 1. The third-order valence-corrected chi connectivity index (χ3v) is 6.56. The standard InChI is InChI=1S/C25H27N5O5S/c1-5-35-22(31)14-28-24(23(27-25(28)36)19-8-6-7-11-26-19)18-12-15(2)29(16(18)3)20-10-9-17(34-4)13-21(20)30(32)33/h6-13,23-24H,5,14H2,1-4H3,(H,27,36)/t23-,24-/m1/s1. The lowest BCUT2D eigenvalue weighted by molar-refractivity contribution is -0.384. The highest BCUT2D eigenvalue weighted by Crippen LogP contribution is 2.42. The van der Waals surface area contributed by atoms with Crippen molar-refractivity contribution in [3.05, 3.63) is 81.4 Å². The first-order valence-electron chi connectivity index (χ1n) is 11.4. The minimum absolute atomic E-state index is 0.0416. The van der Waals surface area contributed by atoms with Gasteiger partial charge in [-0.15, -0.1) is 0 Å². The highest BCUT2D eigenvalue weighted by atomic mass is 32.1. The summed E-state index contributed by atoms with van der Waals surface area (Å²) in [5, 5.41) is 15.6. The lowest BCUT2D eigenvalue weighted by Crippen LogP contribution is -2.35. The van der Waals surface area contributed by atoms with E-state index in [9.17, 15) is 14.9 Å². The summed E-state index contributed by atoms with van der Waals surface area (Å²) in [6.45, 7) is 5.76. The van der Waals surface area contributed by atoms with E-state index in [4.69, 9.17) is 21.7 Å². The number of nitrogens with zero attached hydrogens (tertiary/aromatic N) is 4. The molecular formula is C25H27N5O5S. The SMILES string of the molecule is CCOC(=O)CN1C(=S)N[C@H](c2ccccn2)[C@H]1c1cc(C)n(-c2ccc(OC)cc2[N+](=O)[O-])c1C. The minimum Gasteiger partial charge on any atom is -0.496 e. The second-order valence-electron chi connectivity index (χ2n) is 8.33. The molecule has 0 radical (unpaired) electrons. The summed E-state index contributed by atoms with van der Waals surface area (Å²) in [6, 6.07) is 11.6. The van der Waals surface area contributed by atoms with Gasteiger partial charge in [0.2, 0.25) is 0 Å². The molecule has 0 bridgehead atoms. The maximum Gasteiger partial charge on any atom is 0.325 e. The van der Waals surface area contributed by atoms with Gasteiger partial charge in [0.05, 0.1) is 42.5 Å². The summed E-state index contributed by atoms with van der Waals surface area (Å²) >= 11 is 5.63. The largest absolute Gasteiger partial charge is 0.496 e. The first kappa shape index (κ1) is 25.1. The average Bonchev–Trinajstić information content (AvgIpc) is 3.34. The number of nitro groups is 1. The van der Waals surface area contributed by atoms with Crippen molar-refractivity contribution >= 4 is 29.0 Å². The Morgan fingerprint density at radius 1 is 1.25 bits per heavy atom. The summed E-state index contributed by atoms with van der Waals surface area (Å²) in [4.78, 5) is 30.3. The zero-order valence-corrected chi connectivity index (χ0v) is 21.2. The van der Waals surface area contributed by atoms with Crippen LogP contribution in [0.3, 0.4) is 0 Å². The average molecular weight is 510 g/mol. The molecule has 3 heterocycles. The number of pyridine rings is 1. The fraction of sp³-hybridized carbons (Fsp3) is 0.320. The van der Waals surface area contributed by atoms with E-state index in [0.717, 1.165) is 22.6 Å². The highest BCUT2D eigenvalue weighted by Gasteiger charge is 2.42. The number of hydrogen-bond acceptors (Lipinski definition) is 7. The van der Waals surface area contributed by atoms with Crippen LogP contribution in [0.25, 0.3) is 5.69 Å². The Balaban J connectivity index is 1.86. The van der Waals surface area contributed by atoms with Crippen LogP contribution in [0.2, 0.25) is 0 Å². The second kappa shape index (κ2) is 10.3. The first-order chi connectivity index (χ1) is 17.3. The summed E-state index contributed by atoms with van der Waals surface area (Å²) in [5.74, 6) is 0.00206. The number of thiocarbonyl (C=S) groups is 1. The number of aryl methyl sites for hydroxylation is 1. The Bertz CT molecular complexity index is 1310. The van der Waals surface area contributed by atoms with Crippen LogP contribution in [-0.2, 0) is 9.53 Å². The van der Waals surface area contributed by atoms with Gasteiger partial charge in [-0.3, -0.25) is 19.9 Å². The fourth-order valence-electron chi connectivity index (χ4n) is 4.68. The van der Waals surface area contributed by atoms with Crippen molar-refractivity contribution in [3.63, 3.8) is 0 Å². The molecule has 1 aromatic carbocycles. The third-order valence-electron chi connectivity index (χ3n) is 6.21. The molecule has 1 aliphatic heterocycles. The molecule has 0 spiro atoms. The molecule has 11 heteroatoms. The zero-order chi connectivity index (χ0) is 26.0. The lowest BCUT2D eigenvalue weighted by Gasteiger charge is -2.27. The van der Waals surface area contributed by atoms with Crippen molar-refractivity contribution in [1.82, 2.24) is 19.8 Å². The van der Waals surface area contributed by atoms with Crippen molar-refractivity contribution in [1.29, 1.82) is 0 Å². The number of carbonyl (C=O) groups is 1. The molecule has 0 unspecified atom stereocenters. The van der Waals surface area contributed by atoms with Gasteiger partial charge in [-0.2, -0.15) is 0 Å². The Labute approximate surface area is 214 Å². The molecule has 1 fully saturated rings. The Hall–Kier alpha value is -3.99. The monoisotopic (exact) mass is 509 g/mol. The van der Waals surface area contributed by atoms with E-state index in [0.29, 0.717) is 16.5 Å². The quantitative estimate of drug-likeness (QED) is 0.209. The van der Waals surface area contributed by atoms with Crippen LogP contribution in [0.1, 0.15) is 41.7 Å². The van der Waals surface area contributed by atoms with Crippen LogP contribution < -0.4 is 10.1 Å².